The lowest BCUT2D eigenvalue weighted by atomic mass is 9.95. The average molecular weight is 547 g/mol. The molecule has 0 saturated carbocycles. The molecule has 1 aromatic heterocycles. The zero-order valence-electron chi connectivity index (χ0n) is 19.7. The second-order valence-corrected chi connectivity index (χ2v) is 9.85. The van der Waals surface area contributed by atoms with Crippen LogP contribution in [0.4, 0.5) is 17.6 Å². The molecular formula is C21H26Cl3N7O4. The molecule has 35 heavy (non-hydrogen) atoms. The number of halogens is 3. The molecule has 0 amide bonds. The monoisotopic (exact) mass is 545 g/mol. The molecule has 1 unspecified atom stereocenters. The number of hydrazone groups is 1. The molecule has 0 saturated heterocycles. The van der Waals surface area contributed by atoms with Gasteiger partial charge in [-0.2, -0.15) is 20.1 Å². The fraction of sp³-hybridized carbons (Fsp3) is 0.429. The molecule has 0 spiro atoms. The Bertz CT molecular complexity index is 1140. The van der Waals surface area contributed by atoms with Crippen molar-refractivity contribution >= 4 is 70.0 Å². The van der Waals surface area contributed by atoms with Crippen LogP contribution in [0.15, 0.2) is 23.3 Å². The van der Waals surface area contributed by atoms with E-state index < -0.39 is 17.5 Å². The summed E-state index contributed by atoms with van der Waals surface area (Å²) < 4.78 is 0. The summed E-state index contributed by atoms with van der Waals surface area (Å²) in [6, 6.07) is 4.47. The summed E-state index contributed by atoms with van der Waals surface area (Å²) in [6.45, 7) is 10.2. The van der Waals surface area contributed by atoms with Crippen LogP contribution in [0.5, 0.6) is 0 Å². The smallest absolute Gasteiger partial charge is 0.352 e. The Hall–Kier alpha value is -2.89. The van der Waals surface area contributed by atoms with E-state index in [0.717, 1.165) is 11.6 Å². The van der Waals surface area contributed by atoms with Crippen molar-refractivity contribution in [1.82, 2.24) is 15.0 Å². The van der Waals surface area contributed by atoms with Gasteiger partial charge in [0.25, 0.3) is 0 Å². The zero-order chi connectivity index (χ0) is 26.6. The fourth-order valence-electron chi connectivity index (χ4n) is 2.90. The van der Waals surface area contributed by atoms with E-state index in [1.807, 2.05) is 27.7 Å². The normalized spacial score (nSPS) is 17.3. The molecule has 3 rings (SSSR count). The lowest BCUT2D eigenvalue weighted by Gasteiger charge is -2.30. The van der Waals surface area contributed by atoms with E-state index in [0.29, 0.717) is 16.9 Å². The third-order valence-electron chi connectivity index (χ3n) is 4.48. The highest BCUT2D eigenvalue weighted by molar-refractivity contribution is 6.38. The summed E-state index contributed by atoms with van der Waals surface area (Å²) in [6.07, 6.45) is -0.226. The molecule has 0 bridgehead atoms. The van der Waals surface area contributed by atoms with Crippen LogP contribution in [0.1, 0.15) is 41.0 Å². The maximum absolute atomic E-state index is 11.5. The van der Waals surface area contributed by atoms with E-state index in [9.17, 15) is 14.7 Å². The maximum atomic E-state index is 11.5. The number of carboxylic acid groups (broad SMARTS) is 2. The zero-order valence-corrected chi connectivity index (χ0v) is 22.0. The molecular weight excluding hydrogens is 521 g/mol. The Balaban J connectivity index is 0.000000258. The Labute approximate surface area is 217 Å². The minimum atomic E-state index is -1.51. The van der Waals surface area contributed by atoms with Gasteiger partial charge in [-0.15, -0.1) is 0 Å². The summed E-state index contributed by atoms with van der Waals surface area (Å²) in [7, 11) is 0. The molecule has 0 fully saturated rings. The van der Waals surface area contributed by atoms with Crippen LogP contribution in [0, 0.1) is 0 Å². The predicted molar refractivity (Wildman–Crippen MR) is 137 cm³/mol. The maximum Gasteiger partial charge on any atom is 0.352 e. The van der Waals surface area contributed by atoms with Crippen LogP contribution in [-0.4, -0.2) is 60.4 Å². The van der Waals surface area contributed by atoms with Gasteiger partial charge in [0, 0.05) is 23.5 Å². The number of hydrogen-bond acceptors (Lipinski definition) is 9. The number of aliphatic carboxylic acids is 2. The number of carboxylic acids is 2. The topological polar surface area (TPSA) is 153 Å². The van der Waals surface area contributed by atoms with Crippen LogP contribution >= 0.6 is 34.8 Å². The van der Waals surface area contributed by atoms with Gasteiger partial charge in [0.15, 0.2) is 5.54 Å². The molecule has 4 N–H and O–H groups in total. The van der Waals surface area contributed by atoms with Crippen LogP contribution < -0.4 is 15.6 Å². The highest BCUT2D eigenvalue weighted by Gasteiger charge is 2.48. The second kappa shape index (κ2) is 11.2. The van der Waals surface area contributed by atoms with Gasteiger partial charge in [-0.25, -0.2) is 14.6 Å². The van der Waals surface area contributed by atoms with Crippen molar-refractivity contribution in [3.63, 3.8) is 0 Å². The standard InChI is InChI=1S/C12H10Cl2N2O4.C9H16ClN5/c1-12(11(19)20)5-8(10(17)18)15-16(12)9-3-2-6(13)4-7(9)14;1-5-11-7-12-6(10)13-8(14-7)15-9(2,3)4/h2-4H,5H2,1H3,(H,17,18)(H,19,20);5H2,1-4H3,(H2,11,12,13,14,15). The van der Waals surface area contributed by atoms with Crippen molar-refractivity contribution in [3.05, 3.63) is 33.5 Å². The Morgan fingerprint density at radius 2 is 1.74 bits per heavy atom. The molecule has 14 heteroatoms. The van der Waals surface area contributed by atoms with Crippen LogP contribution in [0.25, 0.3) is 0 Å². The van der Waals surface area contributed by atoms with E-state index in [1.165, 1.54) is 25.1 Å². The predicted octanol–water partition coefficient (Wildman–Crippen LogP) is 4.65. The van der Waals surface area contributed by atoms with Crippen LogP contribution in [0.3, 0.4) is 0 Å². The van der Waals surface area contributed by atoms with Gasteiger partial charge in [0.1, 0.15) is 5.71 Å². The molecule has 2 aromatic rings. The van der Waals surface area contributed by atoms with Crippen LogP contribution in [0.2, 0.25) is 15.3 Å². The number of nitrogens with one attached hydrogen (secondary N) is 2. The number of carbonyl (C=O) groups is 2. The highest BCUT2D eigenvalue weighted by Crippen LogP contribution is 2.38. The summed E-state index contributed by atoms with van der Waals surface area (Å²) in [4.78, 5) is 34.6. The Morgan fingerprint density at radius 3 is 2.26 bits per heavy atom. The van der Waals surface area contributed by atoms with Crippen molar-refractivity contribution < 1.29 is 19.8 Å². The van der Waals surface area contributed by atoms with E-state index >= 15 is 0 Å². The summed E-state index contributed by atoms with van der Waals surface area (Å²) in [5, 5.41) is 30.2. The van der Waals surface area contributed by atoms with Crippen molar-refractivity contribution in [1.29, 1.82) is 0 Å². The number of aromatic nitrogens is 3. The number of hydrogen-bond donors (Lipinski definition) is 4. The van der Waals surface area contributed by atoms with Gasteiger partial charge >= 0.3 is 11.9 Å². The van der Waals surface area contributed by atoms with Gasteiger partial charge < -0.3 is 20.8 Å². The number of anilines is 3. The van der Waals surface area contributed by atoms with Gasteiger partial charge in [-0.1, -0.05) is 23.2 Å². The first-order valence-corrected chi connectivity index (χ1v) is 11.5. The fourth-order valence-corrected chi connectivity index (χ4v) is 3.55. The Morgan fingerprint density at radius 1 is 1.11 bits per heavy atom. The Kier molecular flexibility index (Phi) is 9.10. The summed E-state index contributed by atoms with van der Waals surface area (Å²) in [5.74, 6) is -1.48. The molecule has 0 aliphatic carbocycles. The molecule has 1 atom stereocenters. The SMILES string of the molecule is CC1(C(=O)O)CC(C(=O)O)=NN1c1ccc(Cl)cc1Cl.CCNc1nc(Cl)nc(NC(C)(C)C)n1. The lowest BCUT2D eigenvalue weighted by molar-refractivity contribution is -0.142. The van der Waals surface area contributed by atoms with E-state index in [1.54, 1.807) is 0 Å². The van der Waals surface area contributed by atoms with E-state index in [-0.39, 0.29) is 33.7 Å². The van der Waals surface area contributed by atoms with Crippen molar-refractivity contribution in [2.75, 3.05) is 22.2 Å². The number of benzene rings is 1. The average Bonchev–Trinajstić information content (AvgIpc) is 3.06. The van der Waals surface area contributed by atoms with E-state index in [2.05, 4.69) is 30.7 Å². The minimum Gasteiger partial charge on any atom is -0.479 e. The van der Waals surface area contributed by atoms with Gasteiger partial charge in [0.2, 0.25) is 17.2 Å². The van der Waals surface area contributed by atoms with Gasteiger partial charge in [-0.05, 0) is 64.4 Å². The molecule has 1 aromatic carbocycles. The highest BCUT2D eigenvalue weighted by atomic mass is 35.5. The van der Waals surface area contributed by atoms with Crippen molar-refractivity contribution in [2.24, 2.45) is 5.10 Å². The van der Waals surface area contributed by atoms with E-state index in [4.69, 9.17) is 39.9 Å². The third-order valence-corrected chi connectivity index (χ3v) is 5.18. The lowest BCUT2D eigenvalue weighted by Crippen LogP contribution is -2.47. The molecule has 1 aliphatic rings. The first-order valence-electron chi connectivity index (χ1n) is 10.4. The number of rotatable bonds is 6. The first-order chi connectivity index (χ1) is 16.2. The molecule has 190 valence electrons. The van der Waals surface area contributed by atoms with Crippen molar-refractivity contribution in [3.8, 4) is 0 Å². The van der Waals surface area contributed by atoms with Gasteiger partial charge in [-0.3, -0.25) is 0 Å². The largest absolute Gasteiger partial charge is 0.479 e. The minimum absolute atomic E-state index is 0.103. The van der Waals surface area contributed by atoms with Crippen molar-refractivity contribution in [2.45, 2.75) is 52.1 Å². The van der Waals surface area contributed by atoms with Gasteiger partial charge in [0.05, 0.1) is 10.7 Å². The third kappa shape index (κ3) is 7.55. The second-order valence-electron chi connectivity index (χ2n) is 8.67. The molecule has 1 aliphatic heterocycles. The molecule has 11 nitrogen and oxygen atoms in total. The molecule has 0 radical (unpaired) electrons. The first kappa shape index (κ1) is 28.3. The molecule has 2 heterocycles. The summed E-state index contributed by atoms with van der Waals surface area (Å²) >= 11 is 17.6. The number of nitrogens with zero attached hydrogens (tertiary/aromatic N) is 5. The van der Waals surface area contributed by atoms with Crippen LogP contribution in [-0.2, 0) is 9.59 Å². The quantitative estimate of drug-likeness (QED) is 0.402. The summed E-state index contributed by atoms with van der Waals surface area (Å²) in [5.41, 5.74) is -1.56.